The summed E-state index contributed by atoms with van der Waals surface area (Å²) >= 11 is 0. The number of rotatable bonds is 2. The van der Waals surface area contributed by atoms with Gasteiger partial charge < -0.3 is 0 Å². The molecule has 2 aromatic rings. The molecule has 2 radical (unpaired) electrons. The average Bonchev–Trinajstić information content (AvgIpc) is 2.42. The van der Waals surface area contributed by atoms with Crippen LogP contribution in [0.5, 0.6) is 0 Å². The van der Waals surface area contributed by atoms with Crippen LogP contribution in [0.3, 0.4) is 0 Å². The fourth-order valence-corrected chi connectivity index (χ4v) is 2.82. The Kier molecular flexibility index (Phi) is 4.77. The molecule has 0 unspecified atom stereocenters. The van der Waals surface area contributed by atoms with Crippen molar-refractivity contribution in [2.45, 2.75) is 32.4 Å². The average molecular weight is 252 g/mol. The summed E-state index contributed by atoms with van der Waals surface area (Å²) in [5, 5.41) is 2.80. The van der Waals surface area contributed by atoms with Crippen LogP contribution in [0.15, 0.2) is 42.5 Å². The summed E-state index contributed by atoms with van der Waals surface area (Å²) in [6, 6.07) is 14.4. The topological polar surface area (TPSA) is 0 Å². The van der Waals surface area contributed by atoms with E-state index in [0.717, 1.165) is 15.9 Å². The first-order chi connectivity index (χ1) is 8.86. The Morgan fingerprint density at radius 2 is 1.89 bits per heavy atom. The molecule has 0 N–H and O–H groups in total. The van der Waals surface area contributed by atoms with Gasteiger partial charge in [0.25, 0.3) is 0 Å². The predicted molar refractivity (Wildman–Crippen MR) is 83.4 cm³/mol. The zero-order valence-electron chi connectivity index (χ0n) is 11.2. The van der Waals surface area contributed by atoms with Gasteiger partial charge in [-0.3, -0.25) is 0 Å². The molecule has 0 nitrogen and oxygen atoms in total. The molecule has 1 aliphatic rings. The van der Waals surface area contributed by atoms with Gasteiger partial charge in [-0.2, -0.15) is 0 Å². The SMILES string of the molecule is C1=Cc2cccc3cccc(c23)C1.CCC[Si]C. The van der Waals surface area contributed by atoms with Crippen LogP contribution >= 0.6 is 0 Å². The van der Waals surface area contributed by atoms with Crippen molar-refractivity contribution < 1.29 is 0 Å². The van der Waals surface area contributed by atoms with Gasteiger partial charge in [-0.05, 0) is 28.3 Å². The van der Waals surface area contributed by atoms with Crippen molar-refractivity contribution in [3.8, 4) is 0 Å². The first-order valence-corrected chi connectivity index (χ1v) is 8.39. The molecular weight excluding hydrogens is 232 g/mol. The second kappa shape index (κ2) is 6.55. The van der Waals surface area contributed by atoms with Crippen molar-refractivity contribution in [2.75, 3.05) is 0 Å². The van der Waals surface area contributed by atoms with Crippen LogP contribution in [0, 0.1) is 0 Å². The molecular formula is C17H20Si. The molecule has 18 heavy (non-hydrogen) atoms. The highest BCUT2D eigenvalue weighted by molar-refractivity contribution is 6.33. The van der Waals surface area contributed by atoms with Crippen molar-refractivity contribution in [2.24, 2.45) is 0 Å². The second-order valence-electron chi connectivity index (χ2n) is 4.57. The Morgan fingerprint density at radius 1 is 1.11 bits per heavy atom. The number of allylic oxidation sites excluding steroid dienone is 1. The van der Waals surface area contributed by atoms with Gasteiger partial charge in [0.15, 0.2) is 0 Å². The molecule has 0 heterocycles. The molecule has 92 valence electrons. The highest BCUT2D eigenvalue weighted by Crippen LogP contribution is 2.27. The van der Waals surface area contributed by atoms with E-state index in [0.29, 0.717) is 0 Å². The lowest BCUT2D eigenvalue weighted by molar-refractivity contribution is 1.07. The van der Waals surface area contributed by atoms with Crippen molar-refractivity contribution in [1.82, 2.24) is 0 Å². The van der Waals surface area contributed by atoms with Crippen LogP contribution in [0.4, 0.5) is 0 Å². The number of hydrogen-bond donors (Lipinski definition) is 0. The molecule has 0 aromatic heterocycles. The van der Waals surface area contributed by atoms with Crippen molar-refractivity contribution in [3.05, 3.63) is 53.6 Å². The number of hydrogen-bond acceptors (Lipinski definition) is 0. The van der Waals surface area contributed by atoms with Gasteiger partial charge in [-0.1, -0.05) is 74.5 Å². The van der Waals surface area contributed by atoms with E-state index in [-0.39, 0.29) is 0 Å². The van der Waals surface area contributed by atoms with E-state index in [4.69, 9.17) is 0 Å². The van der Waals surface area contributed by atoms with Crippen LogP contribution in [0.2, 0.25) is 12.6 Å². The molecule has 0 aliphatic heterocycles. The maximum absolute atomic E-state index is 2.24. The molecule has 0 bridgehead atoms. The van der Waals surface area contributed by atoms with E-state index >= 15 is 0 Å². The van der Waals surface area contributed by atoms with Crippen LogP contribution < -0.4 is 0 Å². The fourth-order valence-electron chi connectivity index (χ4n) is 2.32. The Hall–Kier alpha value is -1.34. The minimum absolute atomic E-state index is 1.08. The third-order valence-corrected chi connectivity index (χ3v) is 4.16. The smallest absolute Gasteiger partial charge is 0.0342 e. The first-order valence-electron chi connectivity index (χ1n) is 6.68. The Morgan fingerprint density at radius 3 is 2.56 bits per heavy atom. The van der Waals surface area contributed by atoms with Gasteiger partial charge in [0.1, 0.15) is 0 Å². The van der Waals surface area contributed by atoms with Gasteiger partial charge in [-0.15, -0.1) is 0 Å². The molecule has 3 rings (SSSR count). The van der Waals surface area contributed by atoms with Crippen LogP contribution in [-0.2, 0) is 6.42 Å². The van der Waals surface area contributed by atoms with E-state index in [1.807, 2.05) is 0 Å². The maximum atomic E-state index is 2.24. The van der Waals surface area contributed by atoms with Crippen LogP contribution in [-0.4, -0.2) is 9.52 Å². The molecule has 1 aliphatic carbocycles. The summed E-state index contributed by atoms with van der Waals surface area (Å²) in [7, 11) is 1.16. The van der Waals surface area contributed by atoms with Gasteiger partial charge in [0, 0.05) is 9.52 Å². The quantitative estimate of drug-likeness (QED) is 0.662. The summed E-state index contributed by atoms with van der Waals surface area (Å²) in [6.07, 6.45) is 6.88. The fraction of sp³-hybridized carbons (Fsp3) is 0.294. The Balaban J connectivity index is 0.000000209. The molecule has 0 saturated heterocycles. The lowest BCUT2D eigenvalue weighted by atomic mass is 9.93. The zero-order valence-corrected chi connectivity index (χ0v) is 12.2. The minimum Gasteiger partial charge on any atom is -0.0795 e. The highest BCUT2D eigenvalue weighted by atomic mass is 28.2. The Bertz CT molecular complexity index is 533. The minimum atomic E-state index is 1.08. The van der Waals surface area contributed by atoms with Crippen molar-refractivity contribution in [3.63, 3.8) is 0 Å². The van der Waals surface area contributed by atoms with Crippen molar-refractivity contribution in [1.29, 1.82) is 0 Å². The largest absolute Gasteiger partial charge is 0.0795 e. The first kappa shape index (κ1) is 13.1. The molecule has 0 spiro atoms. The maximum Gasteiger partial charge on any atom is 0.0342 e. The van der Waals surface area contributed by atoms with E-state index < -0.39 is 0 Å². The standard InChI is InChI=1S/C13H10.C4H10Si/c1-4-10-6-2-8-12-9-3-7-11(5-1)13(10)12;1-3-4-5-2/h1-8H,9H2;3-4H2,1-2H3. The summed E-state index contributed by atoms with van der Waals surface area (Å²) < 4.78 is 0. The highest BCUT2D eigenvalue weighted by Gasteiger charge is 2.06. The second-order valence-corrected chi connectivity index (χ2v) is 5.78. The monoisotopic (exact) mass is 252 g/mol. The summed E-state index contributed by atoms with van der Waals surface area (Å²) in [5.41, 5.74) is 2.81. The van der Waals surface area contributed by atoms with Gasteiger partial charge in [-0.25, -0.2) is 0 Å². The van der Waals surface area contributed by atoms with Crippen LogP contribution in [0.25, 0.3) is 16.8 Å². The van der Waals surface area contributed by atoms with Crippen molar-refractivity contribution >= 4 is 26.4 Å². The van der Waals surface area contributed by atoms with Gasteiger partial charge in [0.05, 0.1) is 0 Å². The third kappa shape index (κ3) is 2.91. The lowest BCUT2D eigenvalue weighted by Crippen LogP contribution is -1.91. The predicted octanol–water partition coefficient (Wildman–Crippen LogP) is 4.98. The molecule has 0 saturated carbocycles. The molecule has 1 heteroatoms. The van der Waals surface area contributed by atoms with Gasteiger partial charge >= 0.3 is 0 Å². The molecule has 2 aromatic carbocycles. The molecule has 0 atom stereocenters. The molecule has 0 amide bonds. The molecule has 0 fully saturated rings. The summed E-state index contributed by atoms with van der Waals surface area (Å²) in [4.78, 5) is 0. The Labute approximate surface area is 113 Å². The van der Waals surface area contributed by atoms with E-state index in [1.54, 1.807) is 0 Å². The van der Waals surface area contributed by atoms with E-state index in [1.165, 1.54) is 34.4 Å². The number of benzene rings is 2. The summed E-state index contributed by atoms with van der Waals surface area (Å²) in [6.45, 7) is 4.46. The van der Waals surface area contributed by atoms with Gasteiger partial charge in [0.2, 0.25) is 0 Å². The zero-order chi connectivity index (χ0) is 12.8. The van der Waals surface area contributed by atoms with E-state index in [9.17, 15) is 0 Å². The lowest BCUT2D eigenvalue weighted by Gasteiger charge is -2.11. The summed E-state index contributed by atoms with van der Waals surface area (Å²) in [5.74, 6) is 0. The van der Waals surface area contributed by atoms with Crippen LogP contribution in [0.1, 0.15) is 24.5 Å². The van der Waals surface area contributed by atoms with E-state index in [2.05, 4.69) is 62.0 Å². The normalized spacial score (nSPS) is 12.1. The third-order valence-electron chi connectivity index (χ3n) is 3.16.